The Hall–Kier alpha value is -1.20. The average Bonchev–Trinajstić information content (AvgIpc) is 2.74. The van der Waals surface area contributed by atoms with Crippen molar-refractivity contribution in [3.05, 3.63) is 45.2 Å². The summed E-state index contributed by atoms with van der Waals surface area (Å²) in [5.41, 5.74) is 1.03. The normalized spacial score (nSPS) is 10.1. The standard InChI is InChI=1S/C11H9BrN2OS/c12-9-1-2-10(13-6-9)14-11(15)5-8-3-4-16-7-8/h1-4,6-7H,5H2,(H,13,14,15). The van der Waals surface area contributed by atoms with Crippen LogP contribution in [0.2, 0.25) is 0 Å². The molecule has 16 heavy (non-hydrogen) atoms. The largest absolute Gasteiger partial charge is 0.310 e. The fourth-order valence-corrected chi connectivity index (χ4v) is 2.12. The summed E-state index contributed by atoms with van der Waals surface area (Å²) in [7, 11) is 0. The first kappa shape index (κ1) is 11.3. The van der Waals surface area contributed by atoms with Crippen LogP contribution in [0, 0.1) is 0 Å². The maximum Gasteiger partial charge on any atom is 0.229 e. The van der Waals surface area contributed by atoms with E-state index >= 15 is 0 Å². The fraction of sp³-hybridized carbons (Fsp3) is 0.0909. The first-order valence-corrected chi connectivity index (χ1v) is 6.40. The molecule has 0 aliphatic heterocycles. The summed E-state index contributed by atoms with van der Waals surface area (Å²) in [5, 5.41) is 6.67. The highest BCUT2D eigenvalue weighted by Gasteiger charge is 2.04. The molecule has 2 aromatic rings. The van der Waals surface area contributed by atoms with Gasteiger partial charge in [-0.15, -0.1) is 0 Å². The third-order valence-electron chi connectivity index (χ3n) is 1.94. The molecule has 0 saturated carbocycles. The monoisotopic (exact) mass is 296 g/mol. The summed E-state index contributed by atoms with van der Waals surface area (Å²) in [6, 6.07) is 5.54. The molecular weight excluding hydrogens is 288 g/mol. The van der Waals surface area contributed by atoms with E-state index in [4.69, 9.17) is 0 Å². The molecule has 2 rings (SSSR count). The van der Waals surface area contributed by atoms with E-state index in [-0.39, 0.29) is 5.91 Å². The number of aromatic nitrogens is 1. The van der Waals surface area contributed by atoms with Crippen LogP contribution in [-0.4, -0.2) is 10.9 Å². The van der Waals surface area contributed by atoms with Crippen molar-refractivity contribution in [1.82, 2.24) is 4.98 Å². The van der Waals surface area contributed by atoms with Crippen LogP contribution >= 0.6 is 27.3 Å². The van der Waals surface area contributed by atoms with E-state index in [1.807, 2.05) is 22.9 Å². The van der Waals surface area contributed by atoms with E-state index in [2.05, 4.69) is 26.2 Å². The number of hydrogen-bond donors (Lipinski definition) is 1. The van der Waals surface area contributed by atoms with Crippen LogP contribution in [0.25, 0.3) is 0 Å². The Morgan fingerprint density at radius 2 is 2.31 bits per heavy atom. The van der Waals surface area contributed by atoms with Crippen molar-refractivity contribution in [2.75, 3.05) is 5.32 Å². The molecule has 5 heteroatoms. The lowest BCUT2D eigenvalue weighted by Gasteiger charge is -2.02. The fourth-order valence-electron chi connectivity index (χ4n) is 1.22. The van der Waals surface area contributed by atoms with Gasteiger partial charge in [0, 0.05) is 10.7 Å². The zero-order valence-corrected chi connectivity index (χ0v) is 10.7. The smallest absolute Gasteiger partial charge is 0.229 e. The van der Waals surface area contributed by atoms with E-state index in [0.717, 1.165) is 10.0 Å². The third kappa shape index (κ3) is 3.15. The highest BCUT2D eigenvalue weighted by atomic mass is 79.9. The zero-order valence-electron chi connectivity index (χ0n) is 8.31. The van der Waals surface area contributed by atoms with Crippen molar-refractivity contribution >= 4 is 39.0 Å². The Morgan fingerprint density at radius 1 is 1.44 bits per heavy atom. The highest BCUT2D eigenvalue weighted by Crippen LogP contribution is 2.11. The summed E-state index contributed by atoms with van der Waals surface area (Å²) in [4.78, 5) is 15.7. The molecule has 3 nitrogen and oxygen atoms in total. The Labute approximate surface area is 106 Å². The van der Waals surface area contributed by atoms with Crippen LogP contribution in [0.15, 0.2) is 39.6 Å². The van der Waals surface area contributed by atoms with Gasteiger partial charge in [0.1, 0.15) is 5.82 Å². The third-order valence-corrected chi connectivity index (χ3v) is 3.14. The van der Waals surface area contributed by atoms with Gasteiger partial charge >= 0.3 is 0 Å². The van der Waals surface area contributed by atoms with E-state index in [9.17, 15) is 4.79 Å². The van der Waals surface area contributed by atoms with Gasteiger partial charge in [-0.05, 0) is 50.5 Å². The Bertz CT molecular complexity index is 467. The van der Waals surface area contributed by atoms with Gasteiger partial charge in [0.25, 0.3) is 0 Å². The van der Waals surface area contributed by atoms with Crippen LogP contribution < -0.4 is 5.32 Å². The summed E-state index contributed by atoms with van der Waals surface area (Å²) in [5.74, 6) is 0.525. The minimum absolute atomic E-state index is 0.0479. The van der Waals surface area contributed by atoms with Crippen molar-refractivity contribution in [2.45, 2.75) is 6.42 Å². The lowest BCUT2D eigenvalue weighted by Crippen LogP contribution is -2.14. The van der Waals surface area contributed by atoms with Gasteiger partial charge in [-0.3, -0.25) is 4.79 Å². The highest BCUT2D eigenvalue weighted by molar-refractivity contribution is 9.10. The minimum atomic E-state index is -0.0479. The van der Waals surface area contributed by atoms with E-state index in [1.54, 1.807) is 23.6 Å². The lowest BCUT2D eigenvalue weighted by atomic mass is 10.2. The molecule has 0 aliphatic rings. The second-order valence-corrected chi connectivity index (χ2v) is 4.91. The van der Waals surface area contributed by atoms with Crippen LogP contribution in [0.4, 0.5) is 5.82 Å². The Balaban J connectivity index is 1.95. The van der Waals surface area contributed by atoms with Crippen molar-refractivity contribution in [1.29, 1.82) is 0 Å². The molecule has 2 heterocycles. The van der Waals surface area contributed by atoms with Gasteiger partial charge in [0.2, 0.25) is 5.91 Å². The van der Waals surface area contributed by atoms with Gasteiger partial charge < -0.3 is 5.32 Å². The molecule has 0 fully saturated rings. The number of carbonyl (C=O) groups excluding carboxylic acids is 1. The van der Waals surface area contributed by atoms with Crippen molar-refractivity contribution in [2.24, 2.45) is 0 Å². The van der Waals surface area contributed by atoms with Gasteiger partial charge in [0.15, 0.2) is 0 Å². The van der Waals surface area contributed by atoms with Crippen LogP contribution in [-0.2, 0) is 11.2 Å². The summed E-state index contributed by atoms with van der Waals surface area (Å²) in [6.07, 6.45) is 2.04. The molecule has 1 N–H and O–H groups in total. The van der Waals surface area contributed by atoms with Gasteiger partial charge in [0.05, 0.1) is 6.42 Å². The summed E-state index contributed by atoms with van der Waals surface area (Å²) in [6.45, 7) is 0. The van der Waals surface area contributed by atoms with Crippen LogP contribution in [0.5, 0.6) is 0 Å². The molecule has 82 valence electrons. The van der Waals surface area contributed by atoms with Gasteiger partial charge in [-0.25, -0.2) is 4.98 Å². The van der Waals surface area contributed by atoms with Gasteiger partial charge in [-0.1, -0.05) is 0 Å². The topological polar surface area (TPSA) is 42.0 Å². The van der Waals surface area contributed by atoms with Crippen LogP contribution in [0.3, 0.4) is 0 Å². The molecule has 1 amide bonds. The van der Waals surface area contributed by atoms with Crippen molar-refractivity contribution in [3.8, 4) is 0 Å². The molecule has 0 radical (unpaired) electrons. The maximum absolute atomic E-state index is 11.6. The number of nitrogens with zero attached hydrogens (tertiary/aromatic N) is 1. The summed E-state index contributed by atoms with van der Waals surface area (Å²) < 4.78 is 0.892. The SMILES string of the molecule is O=C(Cc1ccsc1)Nc1ccc(Br)cn1. The molecule has 0 bridgehead atoms. The van der Waals surface area contributed by atoms with E-state index in [1.165, 1.54) is 0 Å². The van der Waals surface area contributed by atoms with Crippen molar-refractivity contribution in [3.63, 3.8) is 0 Å². The first-order chi connectivity index (χ1) is 7.74. The molecule has 0 atom stereocenters. The molecule has 0 aromatic carbocycles. The van der Waals surface area contributed by atoms with Gasteiger partial charge in [-0.2, -0.15) is 11.3 Å². The minimum Gasteiger partial charge on any atom is -0.310 e. The number of rotatable bonds is 3. The molecular formula is C11H9BrN2OS. The zero-order chi connectivity index (χ0) is 11.4. The predicted octanol–water partition coefficient (Wildman–Crippen LogP) is 3.09. The second-order valence-electron chi connectivity index (χ2n) is 3.22. The number of carbonyl (C=O) groups is 1. The lowest BCUT2D eigenvalue weighted by molar-refractivity contribution is -0.115. The molecule has 2 aromatic heterocycles. The van der Waals surface area contributed by atoms with Crippen LogP contribution in [0.1, 0.15) is 5.56 Å². The molecule has 0 aliphatic carbocycles. The number of nitrogens with one attached hydrogen (secondary N) is 1. The Kier molecular flexibility index (Phi) is 3.69. The molecule has 0 spiro atoms. The predicted molar refractivity (Wildman–Crippen MR) is 68.6 cm³/mol. The summed E-state index contributed by atoms with van der Waals surface area (Å²) >= 11 is 4.87. The number of hydrogen-bond acceptors (Lipinski definition) is 3. The number of thiophene rings is 1. The number of halogens is 1. The number of anilines is 1. The van der Waals surface area contributed by atoms with E-state index in [0.29, 0.717) is 12.2 Å². The molecule has 0 saturated heterocycles. The average molecular weight is 297 g/mol. The number of pyridine rings is 1. The number of amides is 1. The Morgan fingerprint density at radius 3 is 2.94 bits per heavy atom. The first-order valence-electron chi connectivity index (χ1n) is 4.66. The van der Waals surface area contributed by atoms with E-state index < -0.39 is 0 Å². The van der Waals surface area contributed by atoms with Crippen molar-refractivity contribution < 1.29 is 4.79 Å². The molecule has 0 unspecified atom stereocenters. The maximum atomic E-state index is 11.6. The quantitative estimate of drug-likeness (QED) is 0.946. The second kappa shape index (κ2) is 5.23.